The number of hydrazine groups is 1. The molecular formula is C21H29N3O2S. The Morgan fingerprint density at radius 3 is 2.15 bits per heavy atom. The Morgan fingerprint density at radius 2 is 1.63 bits per heavy atom. The van der Waals surface area contributed by atoms with Crippen LogP contribution in [0.3, 0.4) is 0 Å². The topological polar surface area (TPSA) is 73.7 Å². The average Bonchev–Trinajstić information content (AvgIpc) is 2.65. The molecule has 0 heterocycles. The minimum Gasteiger partial charge on any atom is -0.497 e. The van der Waals surface area contributed by atoms with Gasteiger partial charge in [-0.2, -0.15) is 0 Å². The van der Waals surface area contributed by atoms with Crippen molar-refractivity contribution in [1.29, 1.82) is 0 Å². The summed E-state index contributed by atoms with van der Waals surface area (Å²) in [5.41, 5.74) is 9.14. The van der Waals surface area contributed by atoms with Crippen LogP contribution in [0.25, 0.3) is 0 Å². The monoisotopic (exact) mass is 387 g/mol. The molecule has 0 aliphatic rings. The number of hydrogen-bond acceptors (Lipinski definition) is 6. The van der Waals surface area contributed by atoms with Gasteiger partial charge in [0.25, 0.3) is 0 Å². The number of anilines is 1. The number of ether oxygens (including phenoxy) is 2. The van der Waals surface area contributed by atoms with Gasteiger partial charge in [0.2, 0.25) is 0 Å². The molecule has 0 fully saturated rings. The van der Waals surface area contributed by atoms with E-state index in [1.54, 1.807) is 14.2 Å². The van der Waals surface area contributed by atoms with E-state index in [1.165, 1.54) is 22.3 Å². The summed E-state index contributed by atoms with van der Waals surface area (Å²) in [5, 5.41) is 2.14. The summed E-state index contributed by atoms with van der Waals surface area (Å²) in [4.78, 5) is 1.06. The highest BCUT2D eigenvalue weighted by Crippen LogP contribution is 2.35. The van der Waals surface area contributed by atoms with Crippen LogP contribution >= 0.6 is 11.8 Å². The lowest BCUT2D eigenvalue weighted by Crippen LogP contribution is -2.31. The van der Waals surface area contributed by atoms with Crippen molar-refractivity contribution >= 4 is 17.4 Å². The first-order valence-corrected chi connectivity index (χ1v) is 9.50. The summed E-state index contributed by atoms with van der Waals surface area (Å²) < 4.78 is 10.7. The molecule has 2 aromatic rings. The molecule has 0 amide bonds. The highest BCUT2D eigenvalue weighted by Gasteiger charge is 2.16. The fraction of sp³-hybridized carbons (Fsp3) is 0.333. The molecule has 0 aliphatic carbocycles. The van der Waals surface area contributed by atoms with E-state index in [0.29, 0.717) is 22.2 Å². The van der Waals surface area contributed by atoms with E-state index in [4.69, 9.17) is 21.1 Å². The van der Waals surface area contributed by atoms with Crippen molar-refractivity contribution < 1.29 is 9.47 Å². The zero-order valence-corrected chi connectivity index (χ0v) is 17.7. The van der Waals surface area contributed by atoms with E-state index < -0.39 is 0 Å². The van der Waals surface area contributed by atoms with E-state index in [1.807, 2.05) is 25.1 Å². The van der Waals surface area contributed by atoms with Crippen molar-refractivity contribution in [3.8, 4) is 11.5 Å². The van der Waals surface area contributed by atoms with Gasteiger partial charge < -0.3 is 15.2 Å². The third kappa shape index (κ3) is 5.11. The molecule has 0 aromatic heterocycles. The van der Waals surface area contributed by atoms with Crippen LogP contribution in [-0.4, -0.2) is 14.2 Å². The van der Waals surface area contributed by atoms with Crippen LogP contribution in [0, 0.1) is 0 Å². The first kappa shape index (κ1) is 21.0. The van der Waals surface area contributed by atoms with Crippen LogP contribution < -0.4 is 26.1 Å². The summed E-state index contributed by atoms with van der Waals surface area (Å²) in [6.07, 6.45) is 0. The Labute approximate surface area is 166 Å². The number of hydrogen-bond donors (Lipinski definition) is 2. The fourth-order valence-corrected chi connectivity index (χ4v) is 3.28. The molecule has 0 saturated carbocycles. The summed E-state index contributed by atoms with van der Waals surface area (Å²) >= 11 is 1.48. The van der Waals surface area contributed by atoms with E-state index in [2.05, 4.69) is 45.0 Å². The maximum absolute atomic E-state index is 6.32. The molecule has 0 spiro atoms. The lowest BCUT2D eigenvalue weighted by atomic mass is 9.87. The molecule has 0 bridgehead atoms. The first-order valence-electron chi connectivity index (χ1n) is 8.69. The van der Waals surface area contributed by atoms with Gasteiger partial charge in [-0.25, -0.2) is 5.84 Å². The van der Waals surface area contributed by atoms with Gasteiger partial charge >= 0.3 is 0 Å². The number of rotatable bonds is 6. The number of thioether (sulfide) groups is 1. The molecular weight excluding hydrogens is 358 g/mol. The summed E-state index contributed by atoms with van der Waals surface area (Å²) in [5.74, 6) is 7.66. The van der Waals surface area contributed by atoms with Crippen LogP contribution in [0.15, 0.2) is 58.1 Å². The van der Waals surface area contributed by atoms with Gasteiger partial charge in [-0.15, -0.1) is 0 Å². The molecule has 2 aromatic carbocycles. The van der Waals surface area contributed by atoms with Gasteiger partial charge in [-0.05, 0) is 42.2 Å². The molecule has 5 nitrogen and oxygen atoms in total. The Hall–Kier alpha value is -2.31. The van der Waals surface area contributed by atoms with Gasteiger partial charge in [-0.1, -0.05) is 44.7 Å². The summed E-state index contributed by atoms with van der Waals surface area (Å²) in [7, 11) is 3.22. The second-order valence-corrected chi connectivity index (χ2v) is 8.35. The minimum absolute atomic E-state index is 0.122. The van der Waals surface area contributed by atoms with E-state index >= 15 is 0 Å². The van der Waals surface area contributed by atoms with Crippen molar-refractivity contribution in [2.45, 2.75) is 38.0 Å². The third-order valence-corrected chi connectivity index (χ3v) is 5.33. The van der Waals surface area contributed by atoms with Gasteiger partial charge in [0.15, 0.2) is 0 Å². The third-order valence-electron chi connectivity index (χ3n) is 4.31. The van der Waals surface area contributed by atoms with E-state index in [-0.39, 0.29) is 5.41 Å². The Kier molecular flexibility index (Phi) is 6.68. The van der Waals surface area contributed by atoms with Crippen LogP contribution in [0.1, 0.15) is 33.3 Å². The summed E-state index contributed by atoms with van der Waals surface area (Å²) in [6, 6.07) is 13.9. The highest BCUT2D eigenvalue weighted by atomic mass is 32.2. The molecule has 0 saturated heterocycles. The number of allylic oxidation sites excluding steroid dienone is 1. The Bertz CT molecular complexity index is 811. The quantitative estimate of drug-likeness (QED) is 0.428. The molecule has 2 rings (SSSR count). The fourth-order valence-electron chi connectivity index (χ4n) is 2.51. The molecule has 0 unspecified atom stereocenters. The van der Waals surface area contributed by atoms with Crippen LogP contribution in [0.5, 0.6) is 11.5 Å². The highest BCUT2D eigenvalue weighted by molar-refractivity contribution is 8.03. The normalized spacial score (nSPS) is 12.4. The lowest BCUT2D eigenvalue weighted by Gasteiger charge is -2.24. The lowest BCUT2D eigenvalue weighted by molar-refractivity contribution is 0.403. The molecule has 146 valence electrons. The Balaban J connectivity index is 2.26. The van der Waals surface area contributed by atoms with Crippen molar-refractivity contribution in [3.05, 3.63) is 58.8 Å². The smallest absolute Gasteiger partial charge is 0.144 e. The summed E-state index contributed by atoms with van der Waals surface area (Å²) in [6.45, 7) is 8.47. The second kappa shape index (κ2) is 8.59. The van der Waals surface area contributed by atoms with Gasteiger partial charge in [-0.3, -0.25) is 5.01 Å². The molecule has 6 heteroatoms. The predicted molar refractivity (Wildman–Crippen MR) is 114 cm³/mol. The van der Waals surface area contributed by atoms with Crippen molar-refractivity contribution in [3.63, 3.8) is 0 Å². The predicted octanol–water partition coefficient (Wildman–Crippen LogP) is 4.62. The maximum Gasteiger partial charge on any atom is 0.144 e. The van der Waals surface area contributed by atoms with Crippen LogP contribution in [-0.2, 0) is 5.41 Å². The van der Waals surface area contributed by atoms with Gasteiger partial charge in [0.1, 0.15) is 17.2 Å². The van der Waals surface area contributed by atoms with Crippen LogP contribution in [0.2, 0.25) is 0 Å². The van der Waals surface area contributed by atoms with Crippen molar-refractivity contribution in [2.75, 3.05) is 19.2 Å². The molecule has 0 radical (unpaired) electrons. The van der Waals surface area contributed by atoms with Gasteiger partial charge in [0.05, 0.1) is 24.9 Å². The maximum atomic E-state index is 6.32. The minimum atomic E-state index is 0.122. The molecule has 0 aliphatic heterocycles. The van der Waals surface area contributed by atoms with Crippen molar-refractivity contribution in [1.82, 2.24) is 0 Å². The number of nitrogens with zero attached hydrogens (tertiary/aromatic N) is 1. The van der Waals surface area contributed by atoms with E-state index in [9.17, 15) is 0 Å². The average molecular weight is 388 g/mol. The molecule has 27 heavy (non-hydrogen) atoms. The number of nitrogens with two attached hydrogens (primary N) is 2. The molecule has 4 N–H and O–H groups in total. The number of methoxy groups -OCH3 is 2. The Morgan fingerprint density at radius 1 is 1.00 bits per heavy atom. The first-order chi connectivity index (χ1) is 12.7. The molecule has 0 atom stereocenters. The van der Waals surface area contributed by atoms with Crippen molar-refractivity contribution in [2.24, 2.45) is 11.6 Å². The largest absolute Gasteiger partial charge is 0.497 e. The van der Waals surface area contributed by atoms with E-state index in [0.717, 1.165) is 10.6 Å². The number of benzene rings is 2. The zero-order valence-electron chi connectivity index (χ0n) is 16.9. The zero-order chi connectivity index (χ0) is 20.2. The van der Waals surface area contributed by atoms with Crippen LogP contribution in [0.4, 0.5) is 5.69 Å². The standard InChI is InChI=1S/C21H29N3O2S/c1-14(24(23)18-13-16(25-5)9-12-19(18)26-6)20(22)27-17-10-7-15(8-11-17)21(2,3)4/h7-13H,22-23H2,1-6H3/b20-14+. The van der Waals surface area contributed by atoms with Gasteiger partial charge in [0, 0.05) is 11.0 Å². The second-order valence-electron chi connectivity index (χ2n) is 7.23. The SMILES string of the molecule is COc1ccc(OC)c(N(N)/C(C)=C(\N)Sc2ccc(C(C)(C)C)cc2)c1.